The number of likely N-dealkylation sites (tertiary alicyclic amines) is 1. The van der Waals surface area contributed by atoms with Gasteiger partial charge in [-0.3, -0.25) is 9.67 Å². The third kappa shape index (κ3) is 4.93. The van der Waals surface area contributed by atoms with Gasteiger partial charge in [-0.15, -0.1) is 24.0 Å². The Morgan fingerprint density at radius 1 is 1.48 bits per heavy atom. The van der Waals surface area contributed by atoms with Crippen molar-refractivity contribution in [3.05, 3.63) is 52.0 Å². The van der Waals surface area contributed by atoms with E-state index in [-0.39, 0.29) is 29.8 Å². The number of rotatable bonds is 3. The first-order valence-corrected chi connectivity index (χ1v) is 8.74. The molecule has 1 unspecified atom stereocenters. The van der Waals surface area contributed by atoms with Crippen LogP contribution < -0.4 is 5.32 Å². The van der Waals surface area contributed by atoms with Crippen LogP contribution in [-0.4, -0.2) is 40.8 Å². The molecule has 2 aromatic rings. The average Bonchev–Trinajstić information content (AvgIpc) is 3.20. The fourth-order valence-electron chi connectivity index (χ4n) is 3.06. The highest BCUT2D eigenvalue weighted by Crippen LogP contribution is 2.26. The number of hydrogen-bond acceptors (Lipinski definition) is 2. The number of guanidine groups is 1. The summed E-state index contributed by atoms with van der Waals surface area (Å²) in [6.07, 6.45) is 5.07. The van der Waals surface area contributed by atoms with E-state index in [4.69, 9.17) is 0 Å². The summed E-state index contributed by atoms with van der Waals surface area (Å²) >= 11 is 3.38. The maximum atomic E-state index is 13.9. The summed E-state index contributed by atoms with van der Waals surface area (Å²) in [4.78, 5) is 6.56. The van der Waals surface area contributed by atoms with E-state index >= 15 is 0 Å². The van der Waals surface area contributed by atoms with Crippen LogP contribution in [0.3, 0.4) is 0 Å². The number of aromatic nitrogens is 2. The average molecular weight is 522 g/mol. The van der Waals surface area contributed by atoms with Crippen LogP contribution in [0.1, 0.15) is 23.5 Å². The first kappa shape index (κ1) is 20.2. The molecule has 1 aromatic heterocycles. The summed E-state index contributed by atoms with van der Waals surface area (Å²) in [5.41, 5.74) is 1.88. The lowest BCUT2D eigenvalue weighted by atomic mass is 10.0. The maximum Gasteiger partial charge on any atom is 0.193 e. The predicted molar refractivity (Wildman–Crippen MR) is 112 cm³/mol. The topological polar surface area (TPSA) is 45.5 Å². The Morgan fingerprint density at radius 2 is 2.28 bits per heavy atom. The Hall–Kier alpha value is -1.16. The van der Waals surface area contributed by atoms with Gasteiger partial charge in [0.25, 0.3) is 0 Å². The first-order chi connectivity index (χ1) is 11.6. The zero-order valence-corrected chi connectivity index (χ0v) is 18.2. The van der Waals surface area contributed by atoms with E-state index in [1.807, 2.05) is 17.9 Å². The van der Waals surface area contributed by atoms with Crippen LogP contribution in [0.5, 0.6) is 0 Å². The second-order valence-electron chi connectivity index (χ2n) is 6.02. The van der Waals surface area contributed by atoms with Crippen molar-refractivity contribution in [2.75, 3.05) is 20.1 Å². The molecule has 0 saturated carbocycles. The number of nitrogens with zero attached hydrogens (tertiary/aromatic N) is 4. The van der Waals surface area contributed by atoms with E-state index in [2.05, 4.69) is 42.4 Å². The van der Waals surface area contributed by atoms with Gasteiger partial charge in [0.05, 0.1) is 6.20 Å². The molecule has 1 aliphatic heterocycles. The molecular weight excluding hydrogens is 500 g/mol. The highest BCUT2D eigenvalue weighted by molar-refractivity contribution is 14.0. The van der Waals surface area contributed by atoms with Gasteiger partial charge in [0.15, 0.2) is 5.96 Å². The van der Waals surface area contributed by atoms with Crippen molar-refractivity contribution in [3.63, 3.8) is 0 Å². The molecule has 0 bridgehead atoms. The van der Waals surface area contributed by atoms with Crippen molar-refractivity contribution in [1.82, 2.24) is 20.0 Å². The summed E-state index contributed by atoms with van der Waals surface area (Å²) in [5.74, 6) is 1.05. The van der Waals surface area contributed by atoms with Crippen molar-refractivity contribution in [1.29, 1.82) is 0 Å². The summed E-state index contributed by atoms with van der Waals surface area (Å²) in [7, 11) is 3.69. The molecule has 2 heterocycles. The largest absolute Gasteiger partial charge is 0.352 e. The number of nitrogens with one attached hydrogen (secondary N) is 1. The molecule has 0 amide bonds. The Bertz CT molecular complexity index is 748. The van der Waals surface area contributed by atoms with Gasteiger partial charge < -0.3 is 10.2 Å². The third-order valence-corrected chi connectivity index (χ3v) is 4.83. The summed E-state index contributed by atoms with van der Waals surface area (Å²) in [6.45, 7) is 2.23. The fraction of sp³-hybridized carbons (Fsp3) is 0.412. The van der Waals surface area contributed by atoms with E-state index in [1.54, 1.807) is 19.2 Å². The molecular formula is C17H22BrFIN5. The van der Waals surface area contributed by atoms with Crippen molar-refractivity contribution < 1.29 is 4.39 Å². The lowest BCUT2D eigenvalue weighted by molar-refractivity contribution is 0.484. The van der Waals surface area contributed by atoms with Gasteiger partial charge in [-0.2, -0.15) is 5.10 Å². The molecule has 1 aromatic carbocycles. The fourth-order valence-corrected chi connectivity index (χ4v) is 3.47. The summed E-state index contributed by atoms with van der Waals surface area (Å²) < 4.78 is 16.6. The number of aliphatic imine (C=N–C) groups is 1. The normalized spacial score (nSPS) is 17.5. The Balaban J connectivity index is 0.00000225. The van der Waals surface area contributed by atoms with Gasteiger partial charge in [-0.25, -0.2) is 4.39 Å². The second kappa shape index (κ2) is 8.98. The lowest BCUT2D eigenvalue weighted by Crippen LogP contribution is -2.39. The SMILES string of the molecule is CN=C(NCc1cc(Br)ccc1F)N1CCC(c2cnn(C)c2)C1.I. The second-order valence-corrected chi connectivity index (χ2v) is 6.93. The van der Waals surface area contributed by atoms with Gasteiger partial charge in [-0.05, 0) is 30.2 Å². The minimum atomic E-state index is -0.212. The Morgan fingerprint density at radius 3 is 2.96 bits per heavy atom. The monoisotopic (exact) mass is 521 g/mol. The minimum Gasteiger partial charge on any atom is -0.352 e. The van der Waals surface area contributed by atoms with E-state index in [9.17, 15) is 4.39 Å². The molecule has 0 aliphatic carbocycles. The van der Waals surface area contributed by atoms with Gasteiger partial charge in [0.2, 0.25) is 0 Å². The number of benzene rings is 1. The number of halogens is 3. The van der Waals surface area contributed by atoms with Gasteiger partial charge in [-0.1, -0.05) is 15.9 Å². The number of aryl methyl sites for hydroxylation is 1. The van der Waals surface area contributed by atoms with E-state index in [1.165, 1.54) is 11.6 Å². The van der Waals surface area contributed by atoms with Crippen molar-refractivity contribution in [2.45, 2.75) is 18.9 Å². The van der Waals surface area contributed by atoms with Crippen molar-refractivity contribution >= 4 is 45.9 Å². The van der Waals surface area contributed by atoms with Crippen LogP contribution >= 0.6 is 39.9 Å². The van der Waals surface area contributed by atoms with Crippen molar-refractivity contribution in [2.24, 2.45) is 12.0 Å². The third-order valence-electron chi connectivity index (χ3n) is 4.34. The first-order valence-electron chi connectivity index (χ1n) is 7.95. The molecule has 1 atom stereocenters. The molecule has 136 valence electrons. The zero-order chi connectivity index (χ0) is 17.1. The molecule has 25 heavy (non-hydrogen) atoms. The highest BCUT2D eigenvalue weighted by atomic mass is 127. The molecule has 5 nitrogen and oxygen atoms in total. The van der Waals surface area contributed by atoms with E-state index in [0.717, 1.165) is 29.9 Å². The standard InChI is InChI=1S/C17H21BrFN5.HI/c1-20-17(21-8-13-7-15(18)3-4-16(13)19)24-6-5-12(11-24)14-9-22-23(2)10-14;/h3-4,7,9-10,12H,5-6,8,11H2,1-2H3,(H,20,21);1H. The quantitative estimate of drug-likeness (QED) is 0.382. The molecule has 3 rings (SSSR count). The van der Waals surface area contributed by atoms with Gasteiger partial charge in [0.1, 0.15) is 5.82 Å². The van der Waals surface area contributed by atoms with Crippen LogP contribution in [0.2, 0.25) is 0 Å². The summed E-state index contributed by atoms with van der Waals surface area (Å²) in [6, 6.07) is 4.96. The molecule has 1 aliphatic rings. The van der Waals surface area contributed by atoms with Crippen LogP contribution in [0, 0.1) is 5.82 Å². The molecule has 0 spiro atoms. The summed E-state index contributed by atoms with van der Waals surface area (Å²) in [5, 5.41) is 7.52. The van der Waals surface area contributed by atoms with E-state index < -0.39 is 0 Å². The van der Waals surface area contributed by atoms with Crippen LogP contribution in [0.15, 0.2) is 40.1 Å². The molecule has 0 radical (unpaired) electrons. The van der Waals surface area contributed by atoms with Crippen LogP contribution in [0.4, 0.5) is 4.39 Å². The minimum absolute atomic E-state index is 0. The van der Waals surface area contributed by atoms with Crippen LogP contribution in [0.25, 0.3) is 0 Å². The highest BCUT2D eigenvalue weighted by Gasteiger charge is 2.26. The smallest absolute Gasteiger partial charge is 0.193 e. The lowest BCUT2D eigenvalue weighted by Gasteiger charge is -2.21. The molecule has 1 saturated heterocycles. The molecule has 1 fully saturated rings. The van der Waals surface area contributed by atoms with Gasteiger partial charge in [0, 0.05) is 55.9 Å². The predicted octanol–water partition coefficient (Wildman–Crippen LogP) is 3.50. The van der Waals surface area contributed by atoms with E-state index in [0.29, 0.717) is 18.0 Å². The van der Waals surface area contributed by atoms with Crippen LogP contribution in [-0.2, 0) is 13.6 Å². The van der Waals surface area contributed by atoms with Gasteiger partial charge >= 0.3 is 0 Å². The Kier molecular flexibility index (Phi) is 7.24. The van der Waals surface area contributed by atoms with Crippen molar-refractivity contribution in [3.8, 4) is 0 Å². The Labute approximate surface area is 172 Å². The zero-order valence-electron chi connectivity index (χ0n) is 14.2. The molecule has 1 N–H and O–H groups in total. The number of hydrogen-bond donors (Lipinski definition) is 1. The molecule has 8 heteroatoms. The maximum absolute atomic E-state index is 13.9.